The number of aliphatic hydroxyl groups is 1. The number of rotatable bonds is 1. The molecule has 3 heteroatoms. The van der Waals surface area contributed by atoms with Crippen molar-refractivity contribution in [3.8, 4) is 0 Å². The molecule has 0 aromatic rings. The molecule has 0 radical (unpaired) electrons. The zero-order chi connectivity index (χ0) is 6.85. The van der Waals surface area contributed by atoms with Gasteiger partial charge in [-0.25, -0.2) is 5.01 Å². The van der Waals surface area contributed by atoms with E-state index in [1.807, 2.05) is 5.01 Å². The number of aliphatic hydroxyl groups excluding tert-OH is 1. The van der Waals surface area contributed by atoms with Gasteiger partial charge in [0, 0.05) is 12.6 Å². The van der Waals surface area contributed by atoms with E-state index in [1.54, 1.807) is 6.92 Å². The predicted octanol–water partition coefficient (Wildman–Crippen LogP) is -0.0765. The molecular weight excluding hydrogens is 116 g/mol. The summed E-state index contributed by atoms with van der Waals surface area (Å²) in [6.07, 6.45) is 0.771. The molecule has 0 spiro atoms. The topological polar surface area (TPSA) is 35.5 Å². The summed E-state index contributed by atoms with van der Waals surface area (Å²) in [5.74, 6) is 0. The third-order valence-electron chi connectivity index (χ3n) is 1.73. The van der Waals surface area contributed by atoms with Crippen molar-refractivity contribution in [3.63, 3.8) is 0 Å². The van der Waals surface area contributed by atoms with Gasteiger partial charge >= 0.3 is 0 Å². The largest absolute Gasteiger partial charge is 0.377 e. The fraction of sp³-hybridized carbons (Fsp3) is 1.00. The summed E-state index contributed by atoms with van der Waals surface area (Å²) in [5.41, 5.74) is 3.09. The van der Waals surface area contributed by atoms with Gasteiger partial charge < -0.3 is 5.11 Å². The Kier molecular flexibility index (Phi) is 2.05. The summed E-state index contributed by atoms with van der Waals surface area (Å²) in [6.45, 7) is 4.87. The Bertz CT molecular complexity index is 95.1. The molecule has 2 N–H and O–H groups in total. The van der Waals surface area contributed by atoms with Crippen molar-refractivity contribution in [2.75, 3.05) is 6.54 Å². The Balaban J connectivity index is 2.40. The van der Waals surface area contributed by atoms with Gasteiger partial charge in [-0.2, -0.15) is 0 Å². The Hall–Kier alpha value is -0.120. The van der Waals surface area contributed by atoms with Crippen LogP contribution in [-0.4, -0.2) is 28.9 Å². The van der Waals surface area contributed by atoms with Gasteiger partial charge in [0.2, 0.25) is 0 Å². The minimum absolute atomic E-state index is 0.359. The summed E-state index contributed by atoms with van der Waals surface area (Å²) in [6, 6.07) is 0.477. The molecule has 1 rings (SSSR count). The lowest BCUT2D eigenvalue weighted by molar-refractivity contribution is -0.0182. The van der Waals surface area contributed by atoms with Crippen LogP contribution in [0.15, 0.2) is 0 Å². The molecule has 0 saturated carbocycles. The number of nitrogens with one attached hydrogen (secondary N) is 1. The lowest BCUT2D eigenvalue weighted by Crippen LogP contribution is -2.42. The standard InChI is InChI=1S/C6H14N2O/c1-5-3-4-7-8(5)6(2)9/h5-7,9H,3-4H2,1-2H3. The van der Waals surface area contributed by atoms with Crippen molar-refractivity contribution in [1.82, 2.24) is 10.4 Å². The van der Waals surface area contributed by atoms with Crippen molar-refractivity contribution in [3.05, 3.63) is 0 Å². The molecular formula is C6H14N2O. The normalized spacial score (nSPS) is 33.0. The molecule has 0 aliphatic carbocycles. The smallest absolute Gasteiger partial charge is 0.117 e. The van der Waals surface area contributed by atoms with E-state index in [0.29, 0.717) is 6.04 Å². The van der Waals surface area contributed by atoms with Crippen LogP contribution < -0.4 is 5.43 Å². The van der Waals surface area contributed by atoms with Crippen molar-refractivity contribution < 1.29 is 5.11 Å². The Morgan fingerprint density at radius 3 is 2.67 bits per heavy atom. The van der Waals surface area contributed by atoms with Crippen LogP contribution in [0.3, 0.4) is 0 Å². The van der Waals surface area contributed by atoms with Gasteiger partial charge in [0.1, 0.15) is 6.23 Å². The van der Waals surface area contributed by atoms with Crippen LogP contribution in [0, 0.1) is 0 Å². The Morgan fingerprint density at radius 1 is 1.78 bits per heavy atom. The molecule has 0 bridgehead atoms. The maximum Gasteiger partial charge on any atom is 0.117 e. The lowest BCUT2D eigenvalue weighted by atomic mass is 10.2. The molecule has 2 atom stereocenters. The highest BCUT2D eigenvalue weighted by Gasteiger charge is 2.22. The Morgan fingerprint density at radius 2 is 2.44 bits per heavy atom. The average molecular weight is 130 g/mol. The van der Waals surface area contributed by atoms with Crippen LogP contribution in [0.5, 0.6) is 0 Å². The van der Waals surface area contributed by atoms with Crippen LogP contribution in [0.4, 0.5) is 0 Å². The summed E-state index contributed by atoms with van der Waals surface area (Å²) >= 11 is 0. The second-order valence-electron chi connectivity index (χ2n) is 2.58. The fourth-order valence-electron chi connectivity index (χ4n) is 1.20. The van der Waals surface area contributed by atoms with Gasteiger partial charge in [0.25, 0.3) is 0 Å². The van der Waals surface area contributed by atoms with Crippen LogP contribution in [0.25, 0.3) is 0 Å². The van der Waals surface area contributed by atoms with E-state index in [-0.39, 0.29) is 6.23 Å². The van der Waals surface area contributed by atoms with Crippen molar-refractivity contribution >= 4 is 0 Å². The number of nitrogens with zero attached hydrogens (tertiary/aromatic N) is 1. The minimum Gasteiger partial charge on any atom is -0.377 e. The van der Waals surface area contributed by atoms with E-state index in [4.69, 9.17) is 5.11 Å². The van der Waals surface area contributed by atoms with E-state index in [1.165, 1.54) is 0 Å². The second-order valence-corrected chi connectivity index (χ2v) is 2.58. The van der Waals surface area contributed by atoms with E-state index >= 15 is 0 Å². The molecule has 3 nitrogen and oxygen atoms in total. The summed E-state index contributed by atoms with van der Waals surface area (Å²) in [5, 5.41) is 11.0. The number of hydrogen-bond donors (Lipinski definition) is 2. The molecule has 0 aromatic heterocycles. The first-order valence-electron chi connectivity index (χ1n) is 3.41. The lowest BCUT2D eigenvalue weighted by Gasteiger charge is -2.23. The van der Waals surface area contributed by atoms with Crippen molar-refractivity contribution in [1.29, 1.82) is 0 Å². The van der Waals surface area contributed by atoms with Gasteiger partial charge in [-0.3, -0.25) is 5.43 Å². The molecule has 0 aromatic carbocycles. The molecule has 1 saturated heterocycles. The molecule has 1 aliphatic rings. The van der Waals surface area contributed by atoms with Crippen LogP contribution in [0.2, 0.25) is 0 Å². The number of hydrogen-bond acceptors (Lipinski definition) is 3. The Labute approximate surface area is 55.6 Å². The molecule has 1 heterocycles. The van der Waals surface area contributed by atoms with Gasteiger partial charge in [0.15, 0.2) is 0 Å². The van der Waals surface area contributed by atoms with E-state index < -0.39 is 0 Å². The second kappa shape index (κ2) is 2.64. The highest BCUT2D eigenvalue weighted by Crippen LogP contribution is 2.08. The molecule has 1 aliphatic heterocycles. The first-order valence-corrected chi connectivity index (χ1v) is 3.41. The molecule has 9 heavy (non-hydrogen) atoms. The summed E-state index contributed by atoms with van der Waals surface area (Å²) in [4.78, 5) is 0. The number of hydrazine groups is 1. The average Bonchev–Trinajstić information content (AvgIpc) is 2.13. The van der Waals surface area contributed by atoms with Crippen LogP contribution >= 0.6 is 0 Å². The van der Waals surface area contributed by atoms with Crippen LogP contribution in [-0.2, 0) is 0 Å². The van der Waals surface area contributed by atoms with Gasteiger partial charge in [0.05, 0.1) is 0 Å². The minimum atomic E-state index is -0.359. The zero-order valence-corrected chi connectivity index (χ0v) is 5.96. The first-order chi connectivity index (χ1) is 4.22. The highest BCUT2D eigenvalue weighted by molar-refractivity contribution is 4.71. The summed E-state index contributed by atoms with van der Waals surface area (Å²) in [7, 11) is 0. The maximum atomic E-state index is 9.09. The maximum absolute atomic E-state index is 9.09. The van der Waals surface area contributed by atoms with E-state index in [9.17, 15) is 0 Å². The zero-order valence-electron chi connectivity index (χ0n) is 5.96. The predicted molar refractivity (Wildman–Crippen MR) is 35.6 cm³/mol. The molecule has 2 unspecified atom stereocenters. The van der Waals surface area contributed by atoms with E-state index in [2.05, 4.69) is 12.3 Å². The van der Waals surface area contributed by atoms with E-state index in [0.717, 1.165) is 13.0 Å². The highest BCUT2D eigenvalue weighted by atomic mass is 16.3. The monoisotopic (exact) mass is 130 g/mol. The first kappa shape index (κ1) is 6.99. The quantitative estimate of drug-likeness (QED) is 0.521. The third kappa shape index (κ3) is 1.41. The molecule has 1 fully saturated rings. The SMILES string of the molecule is CC(O)N1NCCC1C. The van der Waals surface area contributed by atoms with Crippen molar-refractivity contribution in [2.24, 2.45) is 0 Å². The summed E-state index contributed by atoms with van der Waals surface area (Å²) < 4.78 is 0. The molecule has 0 amide bonds. The van der Waals surface area contributed by atoms with Gasteiger partial charge in [-0.05, 0) is 20.3 Å². The third-order valence-corrected chi connectivity index (χ3v) is 1.73. The van der Waals surface area contributed by atoms with Crippen molar-refractivity contribution in [2.45, 2.75) is 32.5 Å². The van der Waals surface area contributed by atoms with Crippen LogP contribution in [0.1, 0.15) is 20.3 Å². The van der Waals surface area contributed by atoms with Gasteiger partial charge in [-0.1, -0.05) is 0 Å². The molecule has 54 valence electrons. The van der Waals surface area contributed by atoms with Gasteiger partial charge in [-0.15, -0.1) is 0 Å². The fourth-order valence-corrected chi connectivity index (χ4v) is 1.20.